The van der Waals surface area contributed by atoms with E-state index in [1.165, 1.54) is 0 Å². The minimum absolute atomic E-state index is 0.0316. The maximum absolute atomic E-state index is 12.1. The quantitative estimate of drug-likeness (QED) is 0.628. The SMILES string of the molecule is CC(C)(CNC(=O)C1(C)CCNC1)NS(C)(=O)=O. The van der Waals surface area contributed by atoms with Gasteiger partial charge in [0.25, 0.3) is 0 Å². The van der Waals surface area contributed by atoms with Crippen LogP contribution in [0.2, 0.25) is 0 Å². The Morgan fingerprint density at radius 1 is 1.44 bits per heavy atom. The van der Waals surface area contributed by atoms with Crippen molar-refractivity contribution in [2.24, 2.45) is 5.41 Å². The standard InChI is InChI=1S/C11H23N3O3S/c1-10(2,14-18(4,16)17)7-13-9(15)11(3)5-6-12-8-11/h12,14H,5-8H2,1-4H3,(H,13,15). The molecule has 1 saturated heterocycles. The minimum Gasteiger partial charge on any atom is -0.354 e. The summed E-state index contributed by atoms with van der Waals surface area (Å²) in [6.07, 6.45) is 1.91. The van der Waals surface area contributed by atoms with E-state index in [0.29, 0.717) is 6.54 Å². The topological polar surface area (TPSA) is 87.3 Å². The van der Waals surface area contributed by atoms with Gasteiger partial charge in [-0.15, -0.1) is 0 Å². The lowest BCUT2D eigenvalue weighted by Crippen LogP contribution is -2.53. The van der Waals surface area contributed by atoms with E-state index < -0.39 is 15.6 Å². The zero-order valence-corrected chi connectivity index (χ0v) is 12.3. The van der Waals surface area contributed by atoms with Gasteiger partial charge in [0.1, 0.15) is 0 Å². The van der Waals surface area contributed by atoms with Crippen LogP contribution in [0.1, 0.15) is 27.2 Å². The first kappa shape index (κ1) is 15.4. The van der Waals surface area contributed by atoms with Gasteiger partial charge in [-0.3, -0.25) is 4.79 Å². The summed E-state index contributed by atoms with van der Waals surface area (Å²) in [7, 11) is -3.28. The zero-order chi connectivity index (χ0) is 14.0. The van der Waals surface area contributed by atoms with Gasteiger partial charge in [-0.25, -0.2) is 13.1 Å². The van der Waals surface area contributed by atoms with Crippen LogP contribution in [0.5, 0.6) is 0 Å². The second-order valence-electron chi connectivity index (χ2n) is 5.93. The second kappa shape index (κ2) is 5.14. The predicted molar refractivity (Wildman–Crippen MR) is 70.7 cm³/mol. The van der Waals surface area contributed by atoms with Crippen molar-refractivity contribution in [1.29, 1.82) is 0 Å². The van der Waals surface area contributed by atoms with Crippen LogP contribution in [0.25, 0.3) is 0 Å². The predicted octanol–water partition coefficient (Wildman–Crippen LogP) is -0.570. The molecule has 0 aliphatic carbocycles. The summed E-state index contributed by atoms with van der Waals surface area (Å²) in [5.41, 5.74) is -1.08. The van der Waals surface area contributed by atoms with E-state index in [2.05, 4.69) is 15.4 Å². The second-order valence-corrected chi connectivity index (χ2v) is 7.68. The molecule has 0 aromatic heterocycles. The number of carbonyl (C=O) groups is 1. The molecular weight excluding hydrogens is 254 g/mol. The number of sulfonamides is 1. The molecule has 1 unspecified atom stereocenters. The van der Waals surface area contributed by atoms with Crippen molar-refractivity contribution >= 4 is 15.9 Å². The fourth-order valence-corrected chi connectivity index (χ4v) is 3.14. The highest BCUT2D eigenvalue weighted by molar-refractivity contribution is 7.88. The fraction of sp³-hybridized carbons (Fsp3) is 0.909. The monoisotopic (exact) mass is 277 g/mol. The smallest absolute Gasteiger partial charge is 0.227 e. The Balaban J connectivity index is 2.52. The molecule has 0 aromatic rings. The van der Waals surface area contributed by atoms with Crippen LogP contribution in [-0.4, -0.2) is 45.8 Å². The Kier molecular flexibility index (Phi) is 4.40. The van der Waals surface area contributed by atoms with Gasteiger partial charge in [0.15, 0.2) is 0 Å². The third-order valence-corrected chi connectivity index (χ3v) is 3.99. The van der Waals surface area contributed by atoms with Gasteiger partial charge in [-0.1, -0.05) is 0 Å². The first-order valence-electron chi connectivity index (χ1n) is 6.02. The third kappa shape index (κ3) is 4.55. The summed E-state index contributed by atoms with van der Waals surface area (Å²) in [5.74, 6) is -0.0316. The van der Waals surface area contributed by atoms with Crippen LogP contribution < -0.4 is 15.4 Å². The van der Waals surface area contributed by atoms with Crippen LogP contribution in [0.4, 0.5) is 0 Å². The number of amides is 1. The largest absolute Gasteiger partial charge is 0.354 e. The molecule has 1 atom stereocenters. The molecule has 3 N–H and O–H groups in total. The van der Waals surface area contributed by atoms with E-state index in [1.807, 2.05) is 6.92 Å². The Labute approximate surface area is 109 Å². The summed E-state index contributed by atoms with van der Waals surface area (Å²) in [6, 6.07) is 0. The van der Waals surface area contributed by atoms with Crippen molar-refractivity contribution in [2.75, 3.05) is 25.9 Å². The molecule has 1 amide bonds. The van der Waals surface area contributed by atoms with E-state index in [4.69, 9.17) is 0 Å². The van der Waals surface area contributed by atoms with Crippen LogP contribution in [0.3, 0.4) is 0 Å². The molecule has 1 heterocycles. The van der Waals surface area contributed by atoms with Crippen LogP contribution in [0, 0.1) is 5.41 Å². The van der Waals surface area contributed by atoms with Gasteiger partial charge in [0.2, 0.25) is 15.9 Å². The summed E-state index contributed by atoms with van der Waals surface area (Å²) < 4.78 is 24.8. The molecule has 7 heteroatoms. The highest BCUT2D eigenvalue weighted by Crippen LogP contribution is 2.24. The van der Waals surface area contributed by atoms with E-state index in [-0.39, 0.29) is 17.9 Å². The van der Waals surface area contributed by atoms with Crippen molar-refractivity contribution in [3.8, 4) is 0 Å². The van der Waals surface area contributed by atoms with Crippen molar-refractivity contribution in [3.05, 3.63) is 0 Å². The molecule has 1 rings (SSSR count). The molecule has 1 aliphatic rings. The molecular formula is C11H23N3O3S. The molecule has 18 heavy (non-hydrogen) atoms. The summed E-state index contributed by atoms with van der Waals surface area (Å²) in [5, 5.41) is 5.98. The molecule has 1 aliphatic heterocycles. The van der Waals surface area contributed by atoms with E-state index in [9.17, 15) is 13.2 Å². The molecule has 1 fully saturated rings. The van der Waals surface area contributed by atoms with E-state index in [0.717, 1.165) is 19.2 Å². The first-order valence-corrected chi connectivity index (χ1v) is 7.91. The average molecular weight is 277 g/mol. The molecule has 0 radical (unpaired) electrons. The van der Waals surface area contributed by atoms with Crippen LogP contribution in [-0.2, 0) is 14.8 Å². The molecule has 0 aromatic carbocycles. The Hall–Kier alpha value is -0.660. The van der Waals surface area contributed by atoms with E-state index in [1.54, 1.807) is 13.8 Å². The number of hydrogen-bond donors (Lipinski definition) is 3. The van der Waals surface area contributed by atoms with Gasteiger partial charge in [-0.05, 0) is 33.7 Å². The lowest BCUT2D eigenvalue weighted by Gasteiger charge is -2.28. The lowest BCUT2D eigenvalue weighted by atomic mass is 9.88. The van der Waals surface area contributed by atoms with Crippen molar-refractivity contribution in [1.82, 2.24) is 15.4 Å². The average Bonchev–Trinajstić information content (AvgIpc) is 2.59. The van der Waals surface area contributed by atoms with Crippen LogP contribution in [0.15, 0.2) is 0 Å². The highest BCUT2D eigenvalue weighted by atomic mass is 32.2. The normalized spacial score (nSPS) is 25.1. The number of hydrogen-bond acceptors (Lipinski definition) is 4. The number of rotatable bonds is 5. The Morgan fingerprint density at radius 2 is 2.06 bits per heavy atom. The fourth-order valence-electron chi connectivity index (χ4n) is 2.06. The maximum atomic E-state index is 12.1. The highest BCUT2D eigenvalue weighted by Gasteiger charge is 2.37. The molecule has 0 bridgehead atoms. The zero-order valence-electron chi connectivity index (χ0n) is 11.5. The van der Waals surface area contributed by atoms with Crippen LogP contribution >= 0.6 is 0 Å². The van der Waals surface area contributed by atoms with Gasteiger partial charge in [-0.2, -0.15) is 0 Å². The minimum atomic E-state index is -3.28. The summed E-state index contributed by atoms with van der Waals surface area (Å²) in [4.78, 5) is 12.1. The summed E-state index contributed by atoms with van der Waals surface area (Å²) >= 11 is 0. The van der Waals surface area contributed by atoms with Crippen molar-refractivity contribution in [3.63, 3.8) is 0 Å². The van der Waals surface area contributed by atoms with Gasteiger partial charge >= 0.3 is 0 Å². The van der Waals surface area contributed by atoms with E-state index >= 15 is 0 Å². The van der Waals surface area contributed by atoms with Crippen molar-refractivity contribution < 1.29 is 13.2 Å². The van der Waals surface area contributed by atoms with Gasteiger partial charge < -0.3 is 10.6 Å². The Morgan fingerprint density at radius 3 is 2.50 bits per heavy atom. The third-order valence-electron chi connectivity index (χ3n) is 3.07. The maximum Gasteiger partial charge on any atom is 0.227 e. The molecule has 0 saturated carbocycles. The molecule has 0 spiro atoms. The summed E-state index contributed by atoms with van der Waals surface area (Å²) in [6.45, 7) is 7.18. The molecule has 106 valence electrons. The number of nitrogens with one attached hydrogen (secondary N) is 3. The number of carbonyl (C=O) groups excluding carboxylic acids is 1. The molecule has 6 nitrogen and oxygen atoms in total. The first-order chi connectivity index (χ1) is 8.04. The van der Waals surface area contributed by atoms with Crippen molar-refractivity contribution in [2.45, 2.75) is 32.7 Å². The van der Waals surface area contributed by atoms with Gasteiger partial charge in [0.05, 0.1) is 11.7 Å². The van der Waals surface area contributed by atoms with Gasteiger partial charge in [0, 0.05) is 18.6 Å². The Bertz CT molecular complexity index is 411. The lowest BCUT2D eigenvalue weighted by molar-refractivity contribution is -0.129.